The normalized spacial score (nSPS) is 15.4. The van der Waals surface area contributed by atoms with Crippen LogP contribution in [0.1, 0.15) is 34.3 Å². The highest BCUT2D eigenvalue weighted by Crippen LogP contribution is 2.37. The van der Waals surface area contributed by atoms with E-state index in [1.807, 2.05) is 48.5 Å². The van der Waals surface area contributed by atoms with Gasteiger partial charge in [-0.25, -0.2) is 0 Å². The number of ether oxygens (including phenoxy) is 1. The SMILES string of the molecule is O=C(c1ccccc1)c1cc(Cl)ccc1NC(=O)C1(c2ccccc2)CCOCC1. The van der Waals surface area contributed by atoms with Gasteiger partial charge in [-0.15, -0.1) is 0 Å². The van der Waals surface area contributed by atoms with Gasteiger partial charge in [-0.05, 0) is 36.6 Å². The van der Waals surface area contributed by atoms with Crippen molar-refractivity contribution in [1.29, 1.82) is 0 Å². The molecule has 0 aliphatic carbocycles. The van der Waals surface area contributed by atoms with E-state index >= 15 is 0 Å². The second-order valence-electron chi connectivity index (χ2n) is 7.40. The number of ketones is 1. The van der Waals surface area contributed by atoms with E-state index in [4.69, 9.17) is 16.3 Å². The van der Waals surface area contributed by atoms with Gasteiger partial charge in [-0.3, -0.25) is 9.59 Å². The van der Waals surface area contributed by atoms with E-state index in [-0.39, 0.29) is 11.7 Å². The van der Waals surface area contributed by atoms with Crippen molar-refractivity contribution in [3.8, 4) is 0 Å². The number of nitrogens with one attached hydrogen (secondary N) is 1. The molecule has 0 unspecified atom stereocenters. The van der Waals surface area contributed by atoms with Crippen molar-refractivity contribution in [1.82, 2.24) is 0 Å². The average molecular weight is 420 g/mol. The zero-order valence-electron chi connectivity index (χ0n) is 16.4. The summed E-state index contributed by atoms with van der Waals surface area (Å²) in [5.74, 6) is -0.324. The van der Waals surface area contributed by atoms with Gasteiger partial charge >= 0.3 is 0 Å². The third kappa shape index (κ3) is 4.02. The maximum atomic E-state index is 13.6. The zero-order valence-corrected chi connectivity index (χ0v) is 17.2. The molecule has 1 aliphatic heterocycles. The van der Waals surface area contributed by atoms with Crippen molar-refractivity contribution in [2.75, 3.05) is 18.5 Å². The Kier molecular flexibility index (Phi) is 5.98. The Morgan fingerprint density at radius 1 is 0.867 bits per heavy atom. The average Bonchev–Trinajstić information content (AvgIpc) is 2.81. The summed E-state index contributed by atoms with van der Waals surface area (Å²) in [7, 11) is 0. The molecule has 0 aromatic heterocycles. The lowest BCUT2D eigenvalue weighted by Gasteiger charge is -2.36. The molecule has 0 spiro atoms. The minimum absolute atomic E-state index is 0.138. The summed E-state index contributed by atoms with van der Waals surface area (Å²) >= 11 is 6.18. The third-order valence-electron chi connectivity index (χ3n) is 5.62. The monoisotopic (exact) mass is 419 g/mol. The lowest BCUT2D eigenvalue weighted by molar-refractivity contribution is -0.125. The molecule has 0 saturated carbocycles. The fourth-order valence-electron chi connectivity index (χ4n) is 3.92. The van der Waals surface area contributed by atoms with Gasteiger partial charge in [0.25, 0.3) is 0 Å². The van der Waals surface area contributed by atoms with Crippen LogP contribution in [0.5, 0.6) is 0 Å². The molecular formula is C25H22ClNO3. The Hall–Kier alpha value is -2.95. The third-order valence-corrected chi connectivity index (χ3v) is 5.85. The van der Waals surface area contributed by atoms with Crippen LogP contribution >= 0.6 is 11.6 Å². The van der Waals surface area contributed by atoms with Crippen molar-refractivity contribution in [2.45, 2.75) is 18.3 Å². The summed E-state index contributed by atoms with van der Waals surface area (Å²) in [5.41, 5.74) is 1.62. The first kappa shape index (κ1) is 20.3. The second kappa shape index (κ2) is 8.82. The van der Waals surface area contributed by atoms with Gasteiger partial charge in [0.2, 0.25) is 5.91 Å². The highest BCUT2D eigenvalue weighted by atomic mass is 35.5. The fourth-order valence-corrected chi connectivity index (χ4v) is 4.10. The Labute approximate surface area is 180 Å². The molecule has 0 radical (unpaired) electrons. The van der Waals surface area contributed by atoms with Crippen molar-refractivity contribution in [2.24, 2.45) is 0 Å². The molecule has 30 heavy (non-hydrogen) atoms. The Balaban J connectivity index is 1.70. The number of carbonyl (C=O) groups is 2. The van der Waals surface area contributed by atoms with Crippen LogP contribution < -0.4 is 5.32 Å². The number of anilines is 1. The highest BCUT2D eigenvalue weighted by molar-refractivity contribution is 6.31. The molecule has 0 atom stereocenters. The van der Waals surface area contributed by atoms with Gasteiger partial charge in [0, 0.05) is 29.4 Å². The van der Waals surface area contributed by atoms with Gasteiger partial charge < -0.3 is 10.1 Å². The largest absolute Gasteiger partial charge is 0.381 e. The number of hydrogen-bond donors (Lipinski definition) is 1. The summed E-state index contributed by atoms with van der Waals surface area (Å²) < 4.78 is 5.53. The summed E-state index contributed by atoms with van der Waals surface area (Å²) in [6, 6.07) is 23.7. The second-order valence-corrected chi connectivity index (χ2v) is 7.84. The predicted octanol–water partition coefficient (Wildman–Crippen LogP) is 5.26. The van der Waals surface area contributed by atoms with Crippen LogP contribution in [0.25, 0.3) is 0 Å². The number of halogens is 1. The Bertz CT molecular complexity index is 1040. The first-order chi connectivity index (χ1) is 14.6. The van der Waals surface area contributed by atoms with E-state index < -0.39 is 5.41 Å². The molecule has 1 heterocycles. The van der Waals surface area contributed by atoms with Crippen molar-refractivity contribution < 1.29 is 14.3 Å². The van der Waals surface area contributed by atoms with Crippen molar-refractivity contribution >= 4 is 29.0 Å². The number of amides is 1. The van der Waals surface area contributed by atoms with Crippen LogP contribution in [0.2, 0.25) is 5.02 Å². The topological polar surface area (TPSA) is 55.4 Å². The molecule has 5 heteroatoms. The number of benzene rings is 3. The lowest BCUT2D eigenvalue weighted by atomic mass is 9.73. The Morgan fingerprint density at radius 2 is 1.50 bits per heavy atom. The highest BCUT2D eigenvalue weighted by Gasteiger charge is 2.42. The molecule has 0 bridgehead atoms. The van der Waals surface area contributed by atoms with Crippen LogP contribution in [0.4, 0.5) is 5.69 Å². The molecule has 4 nitrogen and oxygen atoms in total. The molecule has 3 aromatic carbocycles. The number of hydrogen-bond acceptors (Lipinski definition) is 3. The summed E-state index contributed by atoms with van der Waals surface area (Å²) in [6.07, 6.45) is 1.16. The first-order valence-corrected chi connectivity index (χ1v) is 10.3. The predicted molar refractivity (Wildman–Crippen MR) is 118 cm³/mol. The minimum atomic E-state index is -0.702. The zero-order chi connectivity index (χ0) is 21.0. The van der Waals surface area contributed by atoms with E-state index in [2.05, 4.69) is 5.32 Å². The molecule has 4 rings (SSSR count). The van der Waals surface area contributed by atoms with E-state index in [9.17, 15) is 9.59 Å². The molecule has 1 N–H and O–H groups in total. The first-order valence-electron chi connectivity index (χ1n) is 9.94. The molecule has 152 valence electrons. The van der Waals surface area contributed by atoms with E-state index in [0.29, 0.717) is 47.9 Å². The van der Waals surface area contributed by atoms with Crippen molar-refractivity contribution in [3.05, 3.63) is 101 Å². The number of rotatable bonds is 5. The molecule has 3 aromatic rings. The van der Waals surface area contributed by atoms with Gasteiger partial charge in [0.15, 0.2) is 5.78 Å². The van der Waals surface area contributed by atoms with E-state index in [1.165, 1.54) is 0 Å². The quantitative estimate of drug-likeness (QED) is 0.574. The minimum Gasteiger partial charge on any atom is -0.381 e. The fraction of sp³-hybridized carbons (Fsp3) is 0.200. The molecule has 1 fully saturated rings. The maximum absolute atomic E-state index is 13.6. The van der Waals surface area contributed by atoms with Gasteiger partial charge in [0.05, 0.1) is 11.1 Å². The maximum Gasteiger partial charge on any atom is 0.235 e. The van der Waals surface area contributed by atoms with Crippen LogP contribution in [0.15, 0.2) is 78.9 Å². The van der Waals surface area contributed by atoms with Crippen LogP contribution in [0.3, 0.4) is 0 Å². The van der Waals surface area contributed by atoms with E-state index in [0.717, 1.165) is 5.56 Å². The molecule has 1 amide bonds. The van der Waals surface area contributed by atoms with Gasteiger partial charge in [0.1, 0.15) is 0 Å². The summed E-state index contributed by atoms with van der Waals surface area (Å²) in [6.45, 7) is 1.03. The number of carbonyl (C=O) groups excluding carboxylic acids is 2. The molecular weight excluding hydrogens is 398 g/mol. The van der Waals surface area contributed by atoms with Crippen LogP contribution in [-0.4, -0.2) is 24.9 Å². The van der Waals surface area contributed by atoms with Crippen LogP contribution in [-0.2, 0) is 14.9 Å². The summed E-state index contributed by atoms with van der Waals surface area (Å²) in [4.78, 5) is 26.7. The lowest BCUT2D eigenvalue weighted by Crippen LogP contribution is -2.45. The molecule has 1 aliphatic rings. The van der Waals surface area contributed by atoms with E-state index in [1.54, 1.807) is 30.3 Å². The standard InChI is InChI=1S/C25H22ClNO3/c26-20-11-12-22(21(17-20)23(28)18-7-3-1-4-8-18)27-24(29)25(13-15-30-16-14-25)19-9-5-2-6-10-19/h1-12,17H,13-16H2,(H,27,29). The molecule has 1 saturated heterocycles. The summed E-state index contributed by atoms with van der Waals surface area (Å²) in [5, 5.41) is 3.46. The smallest absolute Gasteiger partial charge is 0.235 e. The van der Waals surface area contributed by atoms with Crippen molar-refractivity contribution in [3.63, 3.8) is 0 Å². The Morgan fingerprint density at radius 3 is 2.17 bits per heavy atom. The van der Waals surface area contributed by atoms with Gasteiger partial charge in [-0.1, -0.05) is 72.3 Å². The van der Waals surface area contributed by atoms with Crippen LogP contribution in [0, 0.1) is 0 Å². The van der Waals surface area contributed by atoms with Gasteiger partial charge in [-0.2, -0.15) is 0 Å².